The molecule has 0 aliphatic heterocycles. The van der Waals surface area contributed by atoms with Crippen LogP contribution in [0.15, 0.2) is 4.47 Å². The van der Waals surface area contributed by atoms with Gasteiger partial charge >= 0.3 is 0 Å². The lowest BCUT2D eigenvalue weighted by Crippen LogP contribution is -2.40. The normalized spacial score (nSPS) is 22.0. The smallest absolute Gasteiger partial charge is 0.0738 e. The van der Waals surface area contributed by atoms with E-state index in [0.717, 1.165) is 23.1 Å². The van der Waals surface area contributed by atoms with Crippen LogP contribution < -0.4 is 11.3 Å². The summed E-state index contributed by atoms with van der Waals surface area (Å²) in [6.07, 6.45) is 0.906. The third kappa shape index (κ3) is 2.24. The van der Waals surface area contributed by atoms with Gasteiger partial charge in [0.2, 0.25) is 0 Å². The van der Waals surface area contributed by atoms with E-state index in [2.05, 4.69) is 65.8 Å². The SMILES string of the molecule is CCn1nc(C)c(Br)c1CC(NN)C1C(C)(C)C1(C)C. The van der Waals surface area contributed by atoms with E-state index in [-0.39, 0.29) is 6.04 Å². The molecule has 20 heavy (non-hydrogen) atoms. The van der Waals surface area contributed by atoms with Crippen molar-refractivity contribution in [1.82, 2.24) is 15.2 Å². The summed E-state index contributed by atoms with van der Waals surface area (Å²) >= 11 is 3.67. The van der Waals surface area contributed by atoms with Gasteiger partial charge in [-0.15, -0.1) is 0 Å². The summed E-state index contributed by atoms with van der Waals surface area (Å²) < 4.78 is 3.20. The molecule has 1 saturated carbocycles. The van der Waals surface area contributed by atoms with Crippen LogP contribution in [0.2, 0.25) is 0 Å². The number of nitrogens with one attached hydrogen (secondary N) is 1. The fraction of sp³-hybridized carbons (Fsp3) is 0.800. The summed E-state index contributed by atoms with van der Waals surface area (Å²) in [5, 5.41) is 4.57. The second-order valence-corrected chi connectivity index (χ2v) is 7.85. The van der Waals surface area contributed by atoms with Crippen molar-refractivity contribution in [2.45, 2.75) is 60.5 Å². The Kier molecular flexibility index (Phi) is 4.08. The van der Waals surface area contributed by atoms with Crippen LogP contribution in [0.3, 0.4) is 0 Å². The molecule has 5 heteroatoms. The highest BCUT2D eigenvalue weighted by atomic mass is 79.9. The van der Waals surface area contributed by atoms with Crippen molar-refractivity contribution in [2.75, 3.05) is 0 Å². The second kappa shape index (κ2) is 5.11. The van der Waals surface area contributed by atoms with Gasteiger partial charge in [-0.3, -0.25) is 16.0 Å². The van der Waals surface area contributed by atoms with Crippen LogP contribution >= 0.6 is 15.9 Å². The molecule has 2 rings (SSSR count). The van der Waals surface area contributed by atoms with Gasteiger partial charge in [0.15, 0.2) is 0 Å². The predicted molar refractivity (Wildman–Crippen MR) is 86.2 cm³/mol. The Morgan fingerprint density at radius 1 is 1.35 bits per heavy atom. The van der Waals surface area contributed by atoms with Gasteiger partial charge in [0.05, 0.1) is 15.9 Å². The maximum Gasteiger partial charge on any atom is 0.0738 e. The lowest BCUT2D eigenvalue weighted by Gasteiger charge is -2.19. The van der Waals surface area contributed by atoms with Gasteiger partial charge in [-0.2, -0.15) is 5.10 Å². The molecule has 1 aliphatic carbocycles. The minimum absolute atomic E-state index is 0.276. The van der Waals surface area contributed by atoms with Gasteiger partial charge in [0.1, 0.15) is 0 Å². The summed E-state index contributed by atoms with van der Waals surface area (Å²) in [4.78, 5) is 0. The number of nitrogens with zero attached hydrogens (tertiary/aromatic N) is 2. The molecule has 0 aromatic carbocycles. The quantitative estimate of drug-likeness (QED) is 0.638. The van der Waals surface area contributed by atoms with Crippen molar-refractivity contribution in [1.29, 1.82) is 0 Å². The van der Waals surface area contributed by atoms with E-state index in [9.17, 15) is 0 Å². The molecule has 1 fully saturated rings. The average Bonchev–Trinajstić information content (AvgIpc) is 2.63. The third-order valence-corrected chi connectivity index (χ3v) is 6.65. The lowest BCUT2D eigenvalue weighted by atomic mass is 10.00. The minimum atomic E-state index is 0.276. The number of nitrogens with two attached hydrogens (primary N) is 1. The molecule has 4 nitrogen and oxygen atoms in total. The highest BCUT2D eigenvalue weighted by Crippen LogP contribution is 2.69. The Balaban J connectivity index is 2.25. The van der Waals surface area contributed by atoms with Crippen LogP contribution in [0.4, 0.5) is 0 Å². The summed E-state index contributed by atoms with van der Waals surface area (Å²) in [5.41, 5.74) is 5.98. The van der Waals surface area contributed by atoms with E-state index in [4.69, 9.17) is 5.84 Å². The molecule has 1 aromatic heterocycles. The van der Waals surface area contributed by atoms with Crippen molar-refractivity contribution in [3.63, 3.8) is 0 Å². The van der Waals surface area contributed by atoms with Crippen LogP contribution in [0.5, 0.6) is 0 Å². The fourth-order valence-corrected chi connectivity index (χ4v) is 4.24. The summed E-state index contributed by atoms with van der Waals surface area (Å²) in [5.74, 6) is 6.43. The van der Waals surface area contributed by atoms with Gasteiger partial charge in [-0.1, -0.05) is 27.7 Å². The molecule has 0 amide bonds. The standard InChI is InChI=1S/C15H27BrN4/c1-7-20-11(12(16)9(2)19-20)8-10(18-17)13-14(3,4)15(13,5)6/h10,13,18H,7-8,17H2,1-6H3. The molecular weight excluding hydrogens is 316 g/mol. The fourth-order valence-electron chi connectivity index (χ4n) is 3.80. The summed E-state index contributed by atoms with van der Waals surface area (Å²) in [7, 11) is 0. The molecule has 0 radical (unpaired) electrons. The van der Waals surface area contributed by atoms with Crippen LogP contribution in [-0.4, -0.2) is 15.8 Å². The van der Waals surface area contributed by atoms with Crippen molar-refractivity contribution < 1.29 is 0 Å². The molecule has 3 N–H and O–H groups in total. The molecule has 0 saturated heterocycles. The number of hydrogen-bond acceptors (Lipinski definition) is 3. The van der Waals surface area contributed by atoms with Gasteiger partial charge in [-0.05, 0) is 46.5 Å². The van der Waals surface area contributed by atoms with Crippen LogP contribution in [0, 0.1) is 23.7 Å². The molecule has 1 aliphatic rings. The Morgan fingerprint density at radius 3 is 2.30 bits per heavy atom. The van der Waals surface area contributed by atoms with Crippen LogP contribution in [-0.2, 0) is 13.0 Å². The number of hydrazine groups is 1. The molecule has 0 bridgehead atoms. The molecule has 1 aromatic rings. The number of aromatic nitrogens is 2. The van der Waals surface area contributed by atoms with Crippen molar-refractivity contribution >= 4 is 15.9 Å². The van der Waals surface area contributed by atoms with Crippen molar-refractivity contribution in [3.8, 4) is 0 Å². The zero-order valence-corrected chi connectivity index (χ0v) is 15.0. The Morgan fingerprint density at radius 2 is 1.90 bits per heavy atom. The zero-order valence-electron chi connectivity index (χ0n) is 13.4. The highest BCUT2D eigenvalue weighted by Gasteiger charge is 2.66. The number of hydrogen-bond donors (Lipinski definition) is 2. The largest absolute Gasteiger partial charge is 0.271 e. The average molecular weight is 343 g/mol. The second-order valence-electron chi connectivity index (χ2n) is 7.06. The molecule has 0 spiro atoms. The first-order valence-electron chi connectivity index (χ1n) is 7.36. The van der Waals surface area contributed by atoms with Gasteiger partial charge in [-0.25, -0.2) is 0 Å². The first-order valence-corrected chi connectivity index (χ1v) is 8.15. The first-order chi connectivity index (χ1) is 9.18. The molecule has 1 atom stereocenters. The maximum absolute atomic E-state index is 5.86. The van der Waals surface area contributed by atoms with E-state index < -0.39 is 0 Å². The third-order valence-electron chi connectivity index (χ3n) is 5.61. The zero-order chi connectivity index (χ0) is 15.3. The Bertz CT molecular complexity index is 490. The Labute approximate surface area is 130 Å². The maximum atomic E-state index is 5.86. The van der Waals surface area contributed by atoms with Crippen LogP contribution in [0.1, 0.15) is 46.0 Å². The topological polar surface area (TPSA) is 55.9 Å². The monoisotopic (exact) mass is 342 g/mol. The van der Waals surface area contributed by atoms with E-state index in [1.807, 2.05) is 6.92 Å². The van der Waals surface area contributed by atoms with Gasteiger partial charge < -0.3 is 0 Å². The number of halogens is 1. The number of aryl methyl sites for hydroxylation is 2. The van der Waals surface area contributed by atoms with E-state index >= 15 is 0 Å². The van der Waals surface area contributed by atoms with Gasteiger partial charge in [0, 0.05) is 19.0 Å². The number of rotatable bonds is 5. The molecular formula is C15H27BrN4. The van der Waals surface area contributed by atoms with E-state index in [1.54, 1.807) is 0 Å². The highest BCUT2D eigenvalue weighted by molar-refractivity contribution is 9.10. The van der Waals surface area contributed by atoms with Crippen molar-refractivity contribution in [3.05, 3.63) is 15.9 Å². The van der Waals surface area contributed by atoms with Crippen LogP contribution in [0.25, 0.3) is 0 Å². The Hall–Kier alpha value is -0.390. The van der Waals surface area contributed by atoms with E-state index in [1.165, 1.54) is 5.69 Å². The van der Waals surface area contributed by atoms with E-state index in [0.29, 0.717) is 16.7 Å². The predicted octanol–water partition coefficient (Wildman–Crippen LogP) is 3.03. The first kappa shape index (κ1) is 16.0. The van der Waals surface area contributed by atoms with Crippen molar-refractivity contribution in [2.24, 2.45) is 22.6 Å². The molecule has 114 valence electrons. The molecule has 1 unspecified atom stereocenters. The van der Waals surface area contributed by atoms with Gasteiger partial charge in [0.25, 0.3) is 0 Å². The lowest BCUT2D eigenvalue weighted by molar-refractivity contribution is 0.392. The summed E-state index contributed by atoms with van der Waals surface area (Å²) in [6.45, 7) is 14.4. The summed E-state index contributed by atoms with van der Waals surface area (Å²) in [6, 6.07) is 0.276. The molecule has 1 heterocycles. The minimum Gasteiger partial charge on any atom is -0.271 e.